The first kappa shape index (κ1) is 19.9. The Hall–Kier alpha value is -4.07. The molecule has 0 saturated heterocycles. The maximum atomic E-state index is 13.0. The first-order chi connectivity index (χ1) is 15.6. The second-order valence-corrected chi connectivity index (χ2v) is 7.88. The van der Waals surface area contributed by atoms with Crippen molar-refractivity contribution in [2.45, 2.75) is 33.6 Å². The number of tetrazole rings is 1. The van der Waals surface area contributed by atoms with Crippen LogP contribution in [0.15, 0.2) is 54.6 Å². The maximum Gasteiger partial charge on any atom is 0.317 e. The number of benzene rings is 2. The van der Waals surface area contributed by atoms with Crippen molar-refractivity contribution >= 4 is 11.2 Å². The zero-order valence-corrected chi connectivity index (χ0v) is 18.2. The van der Waals surface area contributed by atoms with Gasteiger partial charge in [-0.25, -0.2) is 9.71 Å². The molecule has 0 atom stereocenters. The Bertz CT molecular complexity index is 1400. The van der Waals surface area contributed by atoms with Crippen LogP contribution in [0, 0.1) is 19.1 Å². The number of aromatic amines is 1. The lowest BCUT2D eigenvalue weighted by molar-refractivity contribution is -0.587. The Kier molecular flexibility index (Phi) is 4.89. The molecule has 0 bridgehead atoms. The van der Waals surface area contributed by atoms with Crippen LogP contribution in [0.4, 0.5) is 0 Å². The van der Waals surface area contributed by atoms with E-state index in [1.807, 2.05) is 73.0 Å². The second-order valence-electron chi connectivity index (χ2n) is 7.88. The molecule has 5 aromatic rings. The minimum atomic E-state index is 0.550. The third kappa shape index (κ3) is 3.20. The molecule has 0 unspecified atom stereocenters. The zero-order chi connectivity index (χ0) is 22.2. The van der Waals surface area contributed by atoms with Gasteiger partial charge in [0.15, 0.2) is 5.52 Å². The van der Waals surface area contributed by atoms with Crippen LogP contribution in [0.1, 0.15) is 30.4 Å². The first-order valence-electron chi connectivity index (χ1n) is 10.6. The van der Waals surface area contributed by atoms with E-state index in [9.17, 15) is 5.21 Å². The third-order valence-electron chi connectivity index (χ3n) is 5.66. The number of H-pyrrole nitrogens is 1. The first-order valence-corrected chi connectivity index (χ1v) is 10.6. The standard InChI is InChI=1S/C24H23N7O/c1-4-7-21-25-22-15(2)14-16(3)31(32)24(22)30(21)18-12-10-17(11-13-18)19-8-5-6-9-20(19)23-26-28-29-27-23/h5-6,8-14H,4,7H2,1-3H3,(H,26,27,28,29). The fraction of sp³-hybridized carbons (Fsp3) is 0.208. The van der Waals surface area contributed by atoms with Crippen molar-refractivity contribution in [3.05, 3.63) is 76.9 Å². The minimum absolute atomic E-state index is 0.550. The highest BCUT2D eigenvalue weighted by molar-refractivity contribution is 5.81. The molecule has 0 radical (unpaired) electrons. The maximum absolute atomic E-state index is 13.0. The number of nitrogens with zero attached hydrogens (tertiary/aromatic N) is 6. The Labute approximate surface area is 185 Å². The molecule has 0 aliphatic rings. The van der Waals surface area contributed by atoms with E-state index < -0.39 is 0 Å². The van der Waals surface area contributed by atoms with E-state index in [1.54, 1.807) is 0 Å². The summed E-state index contributed by atoms with van der Waals surface area (Å²) in [6.45, 7) is 5.94. The summed E-state index contributed by atoms with van der Waals surface area (Å²) in [6.07, 6.45) is 1.73. The molecule has 3 aromatic heterocycles. The highest BCUT2D eigenvalue weighted by Crippen LogP contribution is 2.31. The smallest absolute Gasteiger partial charge is 0.317 e. The molecule has 0 aliphatic carbocycles. The van der Waals surface area contributed by atoms with Gasteiger partial charge in [0, 0.05) is 12.0 Å². The van der Waals surface area contributed by atoms with Gasteiger partial charge in [-0.1, -0.05) is 43.3 Å². The molecule has 5 rings (SSSR count). The van der Waals surface area contributed by atoms with Gasteiger partial charge in [-0.3, -0.25) is 0 Å². The lowest BCUT2D eigenvalue weighted by Gasteiger charge is -2.11. The zero-order valence-electron chi connectivity index (χ0n) is 18.2. The Morgan fingerprint density at radius 3 is 2.47 bits per heavy atom. The summed E-state index contributed by atoms with van der Waals surface area (Å²) in [5.74, 6) is 1.44. The van der Waals surface area contributed by atoms with E-state index >= 15 is 0 Å². The van der Waals surface area contributed by atoms with E-state index in [2.05, 4.69) is 27.5 Å². The van der Waals surface area contributed by atoms with Crippen molar-refractivity contribution in [1.29, 1.82) is 0 Å². The molecule has 160 valence electrons. The van der Waals surface area contributed by atoms with E-state index in [0.717, 1.165) is 56.9 Å². The number of fused-ring (bicyclic) bond motifs is 1. The lowest BCUT2D eigenvalue weighted by Crippen LogP contribution is -2.33. The summed E-state index contributed by atoms with van der Waals surface area (Å²) < 4.78 is 2.97. The lowest BCUT2D eigenvalue weighted by atomic mass is 9.99. The van der Waals surface area contributed by atoms with Crippen molar-refractivity contribution in [2.75, 3.05) is 0 Å². The van der Waals surface area contributed by atoms with E-state index in [-0.39, 0.29) is 0 Å². The molecule has 32 heavy (non-hydrogen) atoms. The number of aryl methyl sites for hydroxylation is 3. The number of rotatable bonds is 5. The van der Waals surface area contributed by atoms with E-state index in [4.69, 9.17) is 4.98 Å². The summed E-state index contributed by atoms with van der Waals surface area (Å²) >= 11 is 0. The third-order valence-corrected chi connectivity index (χ3v) is 5.66. The van der Waals surface area contributed by atoms with Gasteiger partial charge in [0.25, 0.3) is 0 Å². The topological polar surface area (TPSA) is 99.2 Å². The molecule has 0 saturated carbocycles. The predicted octanol–water partition coefficient (Wildman–Crippen LogP) is 4.08. The van der Waals surface area contributed by atoms with Crippen LogP contribution in [0.25, 0.3) is 39.4 Å². The summed E-state index contributed by atoms with van der Waals surface area (Å²) in [7, 11) is 0. The highest BCUT2D eigenvalue weighted by atomic mass is 16.5. The number of hydrogen-bond acceptors (Lipinski definition) is 5. The largest absolute Gasteiger partial charge is 0.710 e. The molecule has 8 nitrogen and oxygen atoms in total. The minimum Gasteiger partial charge on any atom is -0.710 e. The van der Waals surface area contributed by atoms with Gasteiger partial charge in [0.05, 0.1) is 0 Å². The van der Waals surface area contributed by atoms with Gasteiger partial charge >= 0.3 is 5.65 Å². The van der Waals surface area contributed by atoms with Crippen LogP contribution in [-0.2, 0) is 6.42 Å². The fourth-order valence-corrected chi connectivity index (χ4v) is 4.17. The van der Waals surface area contributed by atoms with Gasteiger partial charge in [-0.15, -0.1) is 10.2 Å². The summed E-state index contributed by atoms with van der Waals surface area (Å²) in [6, 6.07) is 18.0. The molecule has 0 aliphatic heterocycles. The average Bonchev–Trinajstić information content (AvgIpc) is 3.47. The fourth-order valence-electron chi connectivity index (χ4n) is 4.17. The molecule has 2 aromatic carbocycles. The Morgan fingerprint density at radius 2 is 1.78 bits per heavy atom. The molecule has 0 spiro atoms. The van der Waals surface area contributed by atoms with Gasteiger partial charge in [0.1, 0.15) is 11.4 Å². The van der Waals surface area contributed by atoms with E-state index in [0.29, 0.717) is 17.2 Å². The van der Waals surface area contributed by atoms with Crippen molar-refractivity contribution in [3.63, 3.8) is 0 Å². The SMILES string of the molecule is CCCc1nc2c(C)cc(C)[n+]([O-])c2n1-c1ccc(-c2ccccc2-c2nn[nH]n2)cc1. The summed E-state index contributed by atoms with van der Waals surface area (Å²) in [4.78, 5) is 4.82. The van der Waals surface area contributed by atoms with Crippen molar-refractivity contribution in [2.24, 2.45) is 0 Å². The Balaban J connectivity index is 1.66. The summed E-state index contributed by atoms with van der Waals surface area (Å²) in [5, 5.41) is 27.4. The number of pyridine rings is 1. The van der Waals surface area contributed by atoms with Crippen LogP contribution >= 0.6 is 0 Å². The molecular weight excluding hydrogens is 402 g/mol. The quantitative estimate of drug-likeness (QED) is 0.338. The molecule has 0 fully saturated rings. The molecule has 1 N–H and O–H groups in total. The molecule has 8 heteroatoms. The van der Waals surface area contributed by atoms with Crippen LogP contribution < -0.4 is 4.73 Å². The predicted molar refractivity (Wildman–Crippen MR) is 122 cm³/mol. The molecule has 3 heterocycles. The normalized spacial score (nSPS) is 11.3. The van der Waals surface area contributed by atoms with Crippen molar-refractivity contribution in [1.82, 2.24) is 30.2 Å². The van der Waals surface area contributed by atoms with Crippen LogP contribution in [0.2, 0.25) is 0 Å². The molecular formula is C24H23N7O. The average molecular weight is 425 g/mol. The van der Waals surface area contributed by atoms with Crippen LogP contribution in [0.5, 0.6) is 0 Å². The molecule has 0 amide bonds. The second kappa shape index (κ2) is 7.88. The van der Waals surface area contributed by atoms with Gasteiger partial charge in [0.2, 0.25) is 11.6 Å². The number of hydrogen-bond donors (Lipinski definition) is 1. The Morgan fingerprint density at radius 1 is 1.03 bits per heavy atom. The van der Waals surface area contributed by atoms with Gasteiger partial charge in [-0.2, -0.15) is 9.78 Å². The highest BCUT2D eigenvalue weighted by Gasteiger charge is 2.24. The number of nitrogens with one attached hydrogen (secondary N) is 1. The monoisotopic (exact) mass is 425 g/mol. The summed E-state index contributed by atoms with van der Waals surface area (Å²) in [5.41, 5.74) is 6.83. The van der Waals surface area contributed by atoms with Crippen LogP contribution in [0.3, 0.4) is 0 Å². The van der Waals surface area contributed by atoms with Gasteiger partial charge in [-0.05, 0) is 60.4 Å². The van der Waals surface area contributed by atoms with Crippen molar-refractivity contribution < 1.29 is 4.73 Å². The van der Waals surface area contributed by atoms with E-state index in [1.165, 1.54) is 0 Å². The number of imidazole rings is 1. The van der Waals surface area contributed by atoms with Crippen molar-refractivity contribution in [3.8, 4) is 28.2 Å². The van der Waals surface area contributed by atoms with Gasteiger partial charge < -0.3 is 5.21 Å². The number of aromatic nitrogens is 7. The van der Waals surface area contributed by atoms with Crippen LogP contribution in [-0.4, -0.2) is 30.2 Å².